The fourth-order valence-electron chi connectivity index (χ4n) is 2.52. The third-order valence-corrected chi connectivity index (χ3v) is 5.11. The van der Waals surface area contributed by atoms with E-state index in [0.717, 1.165) is 17.9 Å². The number of anilines is 1. The van der Waals surface area contributed by atoms with Gasteiger partial charge in [0.1, 0.15) is 11.5 Å². The van der Waals surface area contributed by atoms with Crippen LogP contribution in [0.5, 0.6) is 0 Å². The number of hydrogen-bond donors (Lipinski definition) is 3. The summed E-state index contributed by atoms with van der Waals surface area (Å²) < 4.78 is 36.2. The third kappa shape index (κ3) is 6.99. The van der Waals surface area contributed by atoms with Crippen molar-refractivity contribution in [2.45, 2.75) is 18.4 Å². The minimum atomic E-state index is -3.54. The lowest BCUT2D eigenvalue weighted by Gasteiger charge is -2.13. The van der Waals surface area contributed by atoms with Crippen LogP contribution >= 0.6 is 0 Å². The van der Waals surface area contributed by atoms with Gasteiger partial charge in [0.05, 0.1) is 16.4 Å². The molecule has 0 radical (unpaired) electrons. The van der Waals surface area contributed by atoms with Gasteiger partial charge >= 0.3 is 0 Å². The normalized spacial score (nSPS) is 11.8. The molecule has 0 aliphatic carbocycles. The zero-order valence-electron chi connectivity index (χ0n) is 16.7. The highest BCUT2D eigenvalue weighted by molar-refractivity contribution is 7.90. The second kappa shape index (κ2) is 10.5. The summed E-state index contributed by atoms with van der Waals surface area (Å²) >= 11 is 0. The highest BCUT2D eigenvalue weighted by Gasteiger charge is 2.18. The molecule has 0 aliphatic heterocycles. The molecule has 0 saturated carbocycles. The number of hydrogen-bond acceptors (Lipinski definition) is 6. The van der Waals surface area contributed by atoms with Gasteiger partial charge in [-0.05, 0) is 36.8 Å². The third-order valence-electron chi connectivity index (χ3n) is 4.00. The number of aliphatic imine (C=N–C) groups is 1. The molecular weight excluding hydrogens is 413 g/mol. The van der Waals surface area contributed by atoms with E-state index >= 15 is 0 Å². The van der Waals surface area contributed by atoms with Crippen LogP contribution in [0.25, 0.3) is 0 Å². The Morgan fingerprint density at radius 1 is 1.13 bits per heavy atom. The van der Waals surface area contributed by atoms with Gasteiger partial charge in [0.15, 0.2) is 15.8 Å². The maximum atomic E-state index is 13.0. The first-order valence-electron chi connectivity index (χ1n) is 9.19. The molecule has 2 aromatic rings. The number of benzene rings is 2. The molecule has 0 amide bonds. The van der Waals surface area contributed by atoms with Gasteiger partial charge < -0.3 is 16.0 Å². The first-order valence-corrected chi connectivity index (χ1v) is 11.1. The Kier molecular flexibility index (Phi) is 8.10. The summed E-state index contributed by atoms with van der Waals surface area (Å²) in [6.45, 7) is 3.66. The molecule has 11 heteroatoms. The van der Waals surface area contributed by atoms with Crippen LogP contribution in [-0.4, -0.2) is 45.2 Å². The van der Waals surface area contributed by atoms with Crippen LogP contribution in [0.2, 0.25) is 0 Å². The topological polar surface area (TPSA) is 126 Å². The summed E-state index contributed by atoms with van der Waals surface area (Å²) in [5.41, 5.74) is 0.769. The highest BCUT2D eigenvalue weighted by atomic mass is 32.2. The molecule has 0 saturated heterocycles. The molecule has 0 heterocycles. The average molecular weight is 437 g/mol. The van der Waals surface area contributed by atoms with Crippen molar-refractivity contribution in [3.63, 3.8) is 0 Å². The summed E-state index contributed by atoms with van der Waals surface area (Å²) in [5.74, 6) is 0.239. The molecule has 2 aromatic carbocycles. The minimum Gasteiger partial charge on any atom is -0.378 e. The van der Waals surface area contributed by atoms with E-state index in [0.29, 0.717) is 32.1 Å². The summed E-state index contributed by atoms with van der Waals surface area (Å²) in [5, 5.41) is 20.4. The lowest BCUT2D eigenvalue weighted by molar-refractivity contribution is -0.384. The van der Waals surface area contributed by atoms with Crippen molar-refractivity contribution in [3.05, 3.63) is 64.0 Å². The monoisotopic (exact) mass is 437 g/mol. The van der Waals surface area contributed by atoms with Gasteiger partial charge in [-0.1, -0.05) is 12.1 Å². The van der Waals surface area contributed by atoms with Crippen molar-refractivity contribution < 1.29 is 17.7 Å². The average Bonchev–Trinajstić information content (AvgIpc) is 2.69. The maximum Gasteiger partial charge on any atom is 0.293 e. The van der Waals surface area contributed by atoms with Crippen LogP contribution in [0.1, 0.15) is 12.5 Å². The van der Waals surface area contributed by atoms with Crippen LogP contribution in [0.4, 0.5) is 15.8 Å². The highest BCUT2D eigenvalue weighted by Crippen LogP contribution is 2.27. The first kappa shape index (κ1) is 23.1. The van der Waals surface area contributed by atoms with E-state index in [9.17, 15) is 22.9 Å². The Bertz CT molecular complexity index is 1010. The Balaban J connectivity index is 1.96. The van der Waals surface area contributed by atoms with Gasteiger partial charge in [0.25, 0.3) is 5.69 Å². The number of halogens is 1. The van der Waals surface area contributed by atoms with Gasteiger partial charge in [-0.3, -0.25) is 10.1 Å². The predicted molar refractivity (Wildman–Crippen MR) is 114 cm³/mol. The number of sulfone groups is 1. The lowest BCUT2D eigenvalue weighted by Crippen LogP contribution is -2.39. The van der Waals surface area contributed by atoms with Crippen LogP contribution < -0.4 is 16.0 Å². The molecule has 0 spiro atoms. The van der Waals surface area contributed by atoms with E-state index in [1.165, 1.54) is 24.3 Å². The van der Waals surface area contributed by atoms with Crippen LogP contribution in [0.3, 0.4) is 0 Å². The number of nitrogens with zero attached hydrogens (tertiary/aromatic N) is 2. The predicted octanol–water partition coefficient (Wildman–Crippen LogP) is 2.30. The Morgan fingerprint density at radius 3 is 2.43 bits per heavy atom. The van der Waals surface area contributed by atoms with E-state index in [1.54, 1.807) is 12.1 Å². The summed E-state index contributed by atoms with van der Waals surface area (Å²) in [6, 6.07) is 9.80. The SMILES string of the molecule is CCNC(=NCc1ccc(F)cc1)NCCNc1ccc(S(C)(=O)=O)cc1[N+](=O)[O-]. The molecule has 0 aliphatic rings. The molecule has 162 valence electrons. The Hall–Kier alpha value is -3.21. The molecule has 0 atom stereocenters. The minimum absolute atomic E-state index is 0.111. The molecule has 0 unspecified atom stereocenters. The zero-order chi connectivity index (χ0) is 22.1. The van der Waals surface area contributed by atoms with Crippen molar-refractivity contribution in [3.8, 4) is 0 Å². The van der Waals surface area contributed by atoms with Gasteiger partial charge in [0, 0.05) is 32.0 Å². The number of nitro groups is 1. The Labute approximate surface area is 174 Å². The molecule has 2 rings (SSSR count). The van der Waals surface area contributed by atoms with Crippen molar-refractivity contribution >= 4 is 27.2 Å². The quantitative estimate of drug-likeness (QED) is 0.181. The number of nitrogens with one attached hydrogen (secondary N) is 3. The second-order valence-corrected chi connectivity index (χ2v) is 8.40. The van der Waals surface area contributed by atoms with E-state index in [4.69, 9.17) is 0 Å². The lowest BCUT2D eigenvalue weighted by atomic mass is 10.2. The van der Waals surface area contributed by atoms with Gasteiger partial charge in [-0.15, -0.1) is 0 Å². The number of nitro benzene ring substituents is 1. The summed E-state index contributed by atoms with van der Waals surface area (Å²) in [6.07, 6.45) is 0.997. The van der Waals surface area contributed by atoms with E-state index in [2.05, 4.69) is 20.9 Å². The van der Waals surface area contributed by atoms with Crippen LogP contribution in [0, 0.1) is 15.9 Å². The largest absolute Gasteiger partial charge is 0.378 e. The standard InChI is InChI=1S/C19H24FN5O4S/c1-3-21-19(24-13-14-4-6-15(20)7-5-14)23-11-10-22-17-9-8-16(30(2,28)29)12-18(17)25(26)27/h4-9,12,22H,3,10-11,13H2,1-2H3,(H2,21,23,24). The molecule has 9 nitrogen and oxygen atoms in total. The molecule has 30 heavy (non-hydrogen) atoms. The fourth-order valence-corrected chi connectivity index (χ4v) is 3.16. The summed E-state index contributed by atoms with van der Waals surface area (Å²) in [7, 11) is -3.54. The number of rotatable bonds is 9. The van der Waals surface area contributed by atoms with Crippen molar-refractivity contribution in [2.24, 2.45) is 4.99 Å². The smallest absolute Gasteiger partial charge is 0.293 e. The van der Waals surface area contributed by atoms with Gasteiger partial charge in [-0.25, -0.2) is 17.8 Å². The van der Waals surface area contributed by atoms with E-state index in [1.807, 2.05) is 6.92 Å². The van der Waals surface area contributed by atoms with Crippen LogP contribution in [-0.2, 0) is 16.4 Å². The molecule has 0 aromatic heterocycles. The van der Waals surface area contributed by atoms with Gasteiger partial charge in [-0.2, -0.15) is 0 Å². The zero-order valence-corrected chi connectivity index (χ0v) is 17.5. The maximum absolute atomic E-state index is 13.0. The Morgan fingerprint density at radius 2 is 1.83 bits per heavy atom. The van der Waals surface area contributed by atoms with Crippen molar-refractivity contribution in [1.29, 1.82) is 0 Å². The number of guanidine groups is 1. The molecular formula is C19H24FN5O4S. The first-order chi connectivity index (χ1) is 14.2. The summed E-state index contributed by atoms with van der Waals surface area (Å²) in [4.78, 5) is 14.9. The van der Waals surface area contributed by atoms with Crippen molar-refractivity contribution in [2.75, 3.05) is 31.2 Å². The molecule has 3 N–H and O–H groups in total. The molecule has 0 fully saturated rings. The van der Waals surface area contributed by atoms with E-state index in [-0.39, 0.29) is 22.1 Å². The van der Waals surface area contributed by atoms with Crippen LogP contribution in [0.15, 0.2) is 52.4 Å². The van der Waals surface area contributed by atoms with Crippen molar-refractivity contribution in [1.82, 2.24) is 10.6 Å². The molecule has 0 bridgehead atoms. The van der Waals surface area contributed by atoms with Gasteiger partial charge in [0.2, 0.25) is 0 Å². The second-order valence-electron chi connectivity index (χ2n) is 6.38. The van der Waals surface area contributed by atoms with E-state index < -0.39 is 14.8 Å². The fraction of sp³-hybridized carbons (Fsp3) is 0.316.